The average Bonchev–Trinajstić information content (AvgIpc) is 3.85. The van der Waals surface area contributed by atoms with E-state index < -0.39 is 0 Å². The molecule has 0 bridgehead atoms. The molecular formula is C50H31N3O2. The van der Waals surface area contributed by atoms with Gasteiger partial charge in [0.1, 0.15) is 0 Å². The molecule has 0 N–H and O–H groups in total. The maximum atomic E-state index is 14.9. The van der Waals surface area contributed by atoms with Crippen LogP contribution in [0.5, 0.6) is 0 Å². The van der Waals surface area contributed by atoms with E-state index in [0.717, 1.165) is 60.8 Å². The smallest absolute Gasteiger partial charge is 0.268 e. The highest BCUT2D eigenvalue weighted by molar-refractivity contribution is 6.36. The van der Waals surface area contributed by atoms with Crippen LogP contribution in [0, 0.1) is 0 Å². The summed E-state index contributed by atoms with van der Waals surface area (Å²) in [6, 6.07) is 63.6. The summed E-state index contributed by atoms with van der Waals surface area (Å²) in [5.41, 5.74) is 11.0. The highest BCUT2D eigenvalue weighted by Gasteiger charge is 2.39. The number of nitrogens with zero attached hydrogens (tertiary/aromatic N) is 3. The minimum atomic E-state index is -0.343. The fourth-order valence-electron chi connectivity index (χ4n) is 8.58. The Bertz CT molecular complexity index is 3080. The molecule has 55 heavy (non-hydrogen) atoms. The maximum absolute atomic E-state index is 14.9. The van der Waals surface area contributed by atoms with Gasteiger partial charge in [0, 0.05) is 27.2 Å². The van der Waals surface area contributed by atoms with Gasteiger partial charge in [-0.25, -0.2) is 4.90 Å². The van der Waals surface area contributed by atoms with Crippen LogP contribution >= 0.6 is 0 Å². The van der Waals surface area contributed by atoms with Crippen molar-refractivity contribution in [3.8, 4) is 33.6 Å². The van der Waals surface area contributed by atoms with Crippen molar-refractivity contribution >= 4 is 61.1 Å². The molecule has 0 radical (unpaired) electrons. The standard InChI is InChI=1S/C50H31N3O2/c54-49-42-21-13-25-46(48(42)50(55)52(49)37-29-34(32-14-3-1-4-15-32)28-35(30-37)33-16-5-2-6-17-33)53-45-24-12-9-20-40(45)41-27-26-36(31-47(41)53)51-43-22-10-7-18-38(43)39-19-8-11-23-44(39)51/h1-31H. The van der Waals surface area contributed by atoms with Gasteiger partial charge in [-0.2, -0.15) is 0 Å². The van der Waals surface area contributed by atoms with Crippen LogP contribution in [0.25, 0.3) is 77.2 Å². The van der Waals surface area contributed by atoms with E-state index in [1.54, 1.807) is 6.07 Å². The lowest BCUT2D eigenvalue weighted by Gasteiger charge is -2.18. The molecule has 1 aliphatic heterocycles. The quantitative estimate of drug-likeness (QED) is 0.167. The molecule has 2 aromatic heterocycles. The van der Waals surface area contributed by atoms with Gasteiger partial charge in [0.2, 0.25) is 0 Å². The zero-order chi connectivity index (χ0) is 36.6. The lowest BCUT2D eigenvalue weighted by Crippen LogP contribution is -2.29. The van der Waals surface area contributed by atoms with E-state index >= 15 is 0 Å². The van der Waals surface area contributed by atoms with Crippen LogP contribution in [0.2, 0.25) is 0 Å². The highest BCUT2D eigenvalue weighted by atomic mass is 16.2. The second-order valence-corrected chi connectivity index (χ2v) is 14.1. The summed E-state index contributed by atoms with van der Waals surface area (Å²) in [5.74, 6) is -0.679. The van der Waals surface area contributed by atoms with Gasteiger partial charge in [-0.3, -0.25) is 9.59 Å². The summed E-state index contributed by atoms with van der Waals surface area (Å²) in [4.78, 5) is 30.8. The second kappa shape index (κ2) is 12.0. The number of rotatable bonds is 5. The van der Waals surface area contributed by atoms with Crippen molar-refractivity contribution in [2.24, 2.45) is 0 Å². The number of amides is 2. The zero-order valence-corrected chi connectivity index (χ0v) is 29.6. The molecule has 0 fully saturated rings. The molecule has 0 saturated carbocycles. The summed E-state index contributed by atoms with van der Waals surface area (Å²) in [5, 5.41) is 4.51. The van der Waals surface area contributed by atoms with Crippen molar-refractivity contribution in [2.45, 2.75) is 0 Å². The van der Waals surface area contributed by atoms with Gasteiger partial charge in [-0.05, 0) is 82.9 Å². The van der Waals surface area contributed by atoms with Crippen LogP contribution in [0.3, 0.4) is 0 Å². The molecule has 258 valence electrons. The summed E-state index contributed by atoms with van der Waals surface area (Å²) in [6.07, 6.45) is 0. The predicted octanol–water partition coefficient (Wildman–Crippen LogP) is 12.0. The highest BCUT2D eigenvalue weighted by Crippen LogP contribution is 2.41. The topological polar surface area (TPSA) is 47.2 Å². The van der Waals surface area contributed by atoms with Gasteiger partial charge in [-0.15, -0.1) is 0 Å². The SMILES string of the molecule is O=C1c2cccc(-n3c4ccccc4c4ccc(-n5c6ccccc6c6ccccc65)cc43)c2C(=O)N1c1cc(-c2ccccc2)cc(-c2ccccc2)c1. The van der Waals surface area contributed by atoms with Gasteiger partial charge in [0.25, 0.3) is 11.8 Å². The van der Waals surface area contributed by atoms with Crippen molar-refractivity contribution in [2.75, 3.05) is 4.90 Å². The molecular weight excluding hydrogens is 675 g/mol. The van der Waals surface area contributed by atoms with Gasteiger partial charge in [-0.1, -0.05) is 127 Å². The largest absolute Gasteiger partial charge is 0.309 e. The van der Waals surface area contributed by atoms with Crippen LogP contribution in [-0.2, 0) is 0 Å². The number of imide groups is 1. The number of benzene rings is 8. The molecule has 5 nitrogen and oxygen atoms in total. The van der Waals surface area contributed by atoms with Crippen LogP contribution < -0.4 is 4.90 Å². The third-order valence-electron chi connectivity index (χ3n) is 11.0. The number of hydrogen-bond donors (Lipinski definition) is 0. The van der Waals surface area contributed by atoms with E-state index in [1.165, 1.54) is 15.7 Å². The van der Waals surface area contributed by atoms with Crippen molar-refractivity contribution in [3.63, 3.8) is 0 Å². The summed E-state index contributed by atoms with van der Waals surface area (Å²) in [6.45, 7) is 0. The van der Waals surface area contributed by atoms with Gasteiger partial charge in [0.05, 0.1) is 44.6 Å². The van der Waals surface area contributed by atoms with Crippen molar-refractivity contribution in [1.82, 2.24) is 9.13 Å². The second-order valence-electron chi connectivity index (χ2n) is 14.1. The van der Waals surface area contributed by atoms with E-state index in [-0.39, 0.29) is 11.8 Å². The molecule has 0 spiro atoms. The molecule has 10 aromatic rings. The minimum absolute atomic E-state index is 0.335. The maximum Gasteiger partial charge on any atom is 0.268 e. The Morgan fingerprint density at radius 1 is 0.327 bits per heavy atom. The fraction of sp³-hybridized carbons (Fsp3) is 0. The van der Waals surface area contributed by atoms with Crippen LogP contribution in [0.1, 0.15) is 20.7 Å². The Labute approximate surface area is 316 Å². The van der Waals surface area contributed by atoms with E-state index in [4.69, 9.17) is 0 Å². The summed E-state index contributed by atoms with van der Waals surface area (Å²) < 4.78 is 4.47. The van der Waals surface area contributed by atoms with Gasteiger partial charge in [0.15, 0.2) is 0 Å². The Hall–Kier alpha value is -7.50. The molecule has 11 rings (SSSR count). The molecule has 0 saturated heterocycles. The van der Waals surface area contributed by atoms with Crippen molar-refractivity contribution in [1.29, 1.82) is 0 Å². The monoisotopic (exact) mass is 705 g/mol. The Kier molecular flexibility index (Phi) is 6.79. The van der Waals surface area contributed by atoms with Crippen molar-refractivity contribution in [3.05, 3.63) is 199 Å². The molecule has 8 aromatic carbocycles. The van der Waals surface area contributed by atoms with Crippen molar-refractivity contribution < 1.29 is 9.59 Å². The molecule has 3 heterocycles. The number of para-hydroxylation sites is 3. The van der Waals surface area contributed by atoms with Crippen LogP contribution in [-0.4, -0.2) is 20.9 Å². The summed E-state index contributed by atoms with van der Waals surface area (Å²) >= 11 is 0. The number of fused-ring (bicyclic) bond motifs is 7. The molecule has 0 aliphatic carbocycles. The molecule has 0 atom stereocenters. The van der Waals surface area contributed by atoms with Gasteiger partial charge < -0.3 is 9.13 Å². The zero-order valence-electron chi connectivity index (χ0n) is 29.6. The normalized spacial score (nSPS) is 12.8. The number of aromatic nitrogens is 2. The summed E-state index contributed by atoms with van der Waals surface area (Å²) in [7, 11) is 0. The Morgan fingerprint density at radius 3 is 1.42 bits per heavy atom. The third kappa shape index (κ3) is 4.66. The molecule has 1 aliphatic rings. The molecule has 5 heteroatoms. The lowest BCUT2D eigenvalue weighted by molar-refractivity contribution is 0.0926. The van der Waals surface area contributed by atoms with Crippen LogP contribution in [0.4, 0.5) is 5.69 Å². The van der Waals surface area contributed by atoms with E-state index in [2.05, 4.69) is 94.1 Å². The first-order valence-electron chi connectivity index (χ1n) is 18.4. The predicted molar refractivity (Wildman–Crippen MR) is 224 cm³/mol. The third-order valence-corrected chi connectivity index (χ3v) is 11.0. The molecule has 2 amide bonds. The number of carbonyl (C=O) groups excluding carboxylic acids is 2. The first-order chi connectivity index (χ1) is 27.1. The first-order valence-corrected chi connectivity index (χ1v) is 18.4. The van der Waals surface area contributed by atoms with Gasteiger partial charge >= 0.3 is 0 Å². The minimum Gasteiger partial charge on any atom is -0.309 e. The number of anilines is 1. The lowest BCUT2D eigenvalue weighted by atomic mass is 9.97. The average molecular weight is 706 g/mol. The number of carbonyl (C=O) groups is 2. The molecule has 0 unspecified atom stereocenters. The van der Waals surface area contributed by atoms with E-state index in [1.807, 2.05) is 97.1 Å². The van der Waals surface area contributed by atoms with E-state index in [9.17, 15) is 9.59 Å². The van der Waals surface area contributed by atoms with Crippen LogP contribution in [0.15, 0.2) is 188 Å². The Morgan fingerprint density at radius 2 is 0.836 bits per heavy atom. The first kappa shape index (κ1) is 31.1. The van der Waals surface area contributed by atoms with E-state index in [0.29, 0.717) is 22.5 Å². The Balaban J connectivity index is 1.12. The fourth-order valence-corrected chi connectivity index (χ4v) is 8.58. The number of hydrogen-bond acceptors (Lipinski definition) is 2.